The highest BCUT2D eigenvalue weighted by Crippen LogP contribution is 2.21. The number of aromatic carboxylic acids is 1. The third kappa shape index (κ3) is 2.53. The maximum absolute atomic E-state index is 12.3. The number of fused-ring (bicyclic) bond motifs is 1. The van der Waals surface area contributed by atoms with Crippen molar-refractivity contribution in [2.75, 3.05) is 5.32 Å². The Morgan fingerprint density at radius 3 is 2.61 bits per heavy atom. The largest absolute Gasteiger partial charge is 0.507 e. The number of aromatic nitrogens is 2. The van der Waals surface area contributed by atoms with Gasteiger partial charge in [0.25, 0.3) is 0 Å². The van der Waals surface area contributed by atoms with Crippen LogP contribution in [0.15, 0.2) is 47.3 Å². The van der Waals surface area contributed by atoms with E-state index in [2.05, 4.69) is 10.3 Å². The van der Waals surface area contributed by atoms with Gasteiger partial charge in [0.05, 0.1) is 11.0 Å². The number of carboxylic acid groups (broad SMARTS) is 1. The van der Waals surface area contributed by atoms with Crippen LogP contribution in [0.3, 0.4) is 0 Å². The fourth-order valence-electron chi connectivity index (χ4n) is 2.22. The lowest BCUT2D eigenvalue weighted by molar-refractivity contribution is 0.0693. The van der Waals surface area contributed by atoms with Gasteiger partial charge in [-0.1, -0.05) is 12.1 Å². The van der Waals surface area contributed by atoms with Crippen LogP contribution in [-0.2, 0) is 0 Å². The Kier molecular flexibility index (Phi) is 3.34. The Balaban J connectivity index is 1.98. The zero-order valence-corrected chi connectivity index (χ0v) is 11.6. The summed E-state index contributed by atoms with van der Waals surface area (Å²) in [5.41, 5.74) is 0.0780. The van der Waals surface area contributed by atoms with Crippen molar-refractivity contribution in [3.05, 3.63) is 58.5 Å². The van der Waals surface area contributed by atoms with Gasteiger partial charge < -0.3 is 20.5 Å². The Morgan fingerprint density at radius 1 is 1.13 bits per heavy atom. The zero-order valence-electron chi connectivity index (χ0n) is 11.6. The molecule has 8 heteroatoms. The van der Waals surface area contributed by atoms with E-state index >= 15 is 0 Å². The van der Waals surface area contributed by atoms with Crippen LogP contribution < -0.4 is 11.0 Å². The van der Waals surface area contributed by atoms with Gasteiger partial charge in [-0.2, -0.15) is 0 Å². The van der Waals surface area contributed by atoms with Crippen LogP contribution in [-0.4, -0.2) is 31.8 Å². The molecule has 0 aliphatic rings. The summed E-state index contributed by atoms with van der Waals surface area (Å²) in [5.74, 6) is -1.75. The summed E-state index contributed by atoms with van der Waals surface area (Å²) in [4.78, 5) is 37.7. The number of hydrogen-bond donors (Lipinski definition) is 4. The van der Waals surface area contributed by atoms with E-state index in [-0.39, 0.29) is 11.3 Å². The van der Waals surface area contributed by atoms with Crippen molar-refractivity contribution in [3.63, 3.8) is 0 Å². The normalized spacial score (nSPS) is 10.6. The number of aromatic amines is 1. The number of rotatable bonds is 2. The first-order valence-corrected chi connectivity index (χ1v) is 6.55. The Bertz CT molecular complexity index is 986. The molecule has 4 N–H and O–H groups in total. The SMILES string of the molecule is O=C(O)c1cc(NC(=O)n2c(=O)[nH]c3ccccc32)ccc1O. The average Bonchev–Trinajstić information content (AvgIpc) is 2.84. The molecule has 116 valence electrons. The molecule has 23 heavy (non-hydrogen) atoms. The number of imidazole rings is 1. The Morgan fingerprint density at radius 2 is 1.87 bits per heavy atom. The van der Waals surface area contributed by atoms with Crippen molar-refractivity contribution in [2.45, 2.75) is 0 Å². The predicted molar refractivity (Wildman–Crippen MR) is 82.0 cm³/mol. The number of carbonyl (C=O) groups is 2. The second kappa shape index (κ2) is 5.34. The second-order valence-electron chi connectivity index (χ2n) is 4.75. The molecule has 0 saturated carbocycles. The number of anilines is 1. The van der Waals surface area contributed by atoms with E-state index in [1.54, 1.807) is 24.3 Å². The molecule has 0 aliphatic carbocycles. The van der Waals surface area contributed by atoms with Gasteiger partial charge in [-0.25, -0.2) is 19.0 Å². The number of aromatic hydroxyl groups is 1. The number of benzene rings is 2. The predicted octanol–water partition coefficient (Wildman–Crippen LogP) is 1.81. The van der Waals surface area contributed by atoms with Gasteiger partial charge in [0, 0.05) is 5.69 Å². The third-order valence-corrected chi connectivity index (χ3v) is 3.27. The molecule has 0 saturated heterocycles. The molecule has 3 aromatic rings. The minimum Gasteiger partial charge on any atom is -0.507 e. The lowest BCUT2D eigenvalue weighted by atomic mass is 10.2. The standard InChI is InChI=1S/C15H11N3O5/c19-12-6-5-8(7-9(12)13(20)21)16-14(22)18-11-4-2-1-3-10(11)17-15(18)23/h1-7,19H,(H,16,22)(H,17,23)(H,20,21). The van der Waals surface area contributed by atoms with Crippen LogP contribution in [0.5, 0.6) is 5.75 Å². The average molecular weight is 313 g/mol. The van der Waals surface area contributed by atoms with Gasteiger partial charge in [-0.05, 0) is 30.3 Å². The van der Waals surface area contributed by atoms with Crippen LogP contribution >= 0.6 is 0 Å². The number of phenols is 1. The number of nitrogens with one attached hydrogen (secondary N) is 2. The minimum absolute atomic E-state index is 0.141. The number of carboxylic acids is 1. The van der Waals surface area contributed by atoms with E-state index in [1.807, 2.05) is 0 Å². The van der Waals surface area contributed by atoms with Gasteiger partial charge in [0.2, 0.25) is 0 Å². The summed E-state index contributed by atoms with van der Waals surface area (Å²) in [5, 5.41) is 20.8. The van der Waals surface area contributed by atoms with E-state index < -0.39 is 23.4 Å². The highest BCUT2D eigenvalue weighted by atomic mass is 16.4. The first kappa shape index (κ1) is 14.4. The molecule has 1 aromatic heterocycles. The fraction of sp³-hybridized carbons (Fsp3) is 0. The summed E-state index contributed by atoms with van der Waals surface area (Å²) in [6.45, 7) is 0. The van der Waals surface area contributed by atoms with Crippen molar-refractivity contribution in [1.29, 1.82) is 0 Å². The number of H-pyrrole nitrogens is 1. The Hall–Kier alpha value is -3.55. The minimum atomic E-state index is -1.33. The van der Waals surface area contributed by atoms with Gasteiger partial charge in [-0.3, -0.25) is 0 Å². The fourth-order valence-corrected chi connectivity index (χ4v) is 2.22. The molecule has 0 spiro atoms. The summed E-state index contributed by atoms with van der Waals surface area (Å²) < 4.78 is 0.905. The van der Waals surface area contributed by atoms with Gasteiger partial charge >= 0.3 is 17.7 Å². The molecule has 0 bridgehead atoms. The maximum atomic E-state index is 12.3. The number of hydrogen-bond acceptors (Lipinski definition) is 4. The van der Waals surface area contributed by atoms with Crippen molar-refractivity contribution in [3.8, 4) is 5.75 Å². The topological polar surface area (TPSA) is 124 Å². The van der Waals surface area contributed by atoms with Crippen LogP contribution in [0.1, 0.15) is 10.4 Å². The quantitative estimate of drug-likeness (QED) is 0.537. The van der Waals surface area contributed by atoms with Crippen LogP contribution in [0.4, 0.5) is 10.5 Å². The first-order chi connectivity index (χ1) is 11.0. The molecule has 0 unspecified atom stereocenters. The molecule has 1 heterocycles. The molecule has 1 amide bonds. The molecule has 3 rings (SSSR count). The lowest BCUT2D eigenvalue weighted by Crippen LogP contribution is -2.29. The molecule has 0 fully saturated rings. The van der Waals surface area contributed by atoms with Crippen LogP contribution in [0.2, 0.25) is 0 Å². The van der Waals surface area contributed by atoms with Crippen molar-refractivity contribution < 1.29 is 19.8 Å². The summed E-state index contributed by atoms with van der Waals surface area (Å²) in [7, 11) is 0. The zero-order chi connectivity index (χ0) is 16.6. The molecule has 0 radical (unpaired) electrons. The molecular weight excluding hydrogens is 302 g/mol. The number of amides is 1. The van der Waals surface area contributed by atoms with Crippen molar-refractivity contribution in [1.82, 2.24) is 9.55 Å². The van der Waals surface area contributed by atoms with Gasteiger partial charge in [0.15, 0.2) is 0 Å². The molecule has 8 nitrogen and oxygen atoms in total. The van der Waals surface area contributed by atoms with E-state index in [1.165, 1.54) is 6.07 Å². The van der Waals surface area contributed by atoms with E-state index in [0.29, 0.717) is 11.0 Å². The number of carbonyl (C=O) groups excluding carboxylic acids is 1. The number of para-hydroxylation sites is 2. The van der Waals surface area contributed by atoms with Crippen LogP contribution in [0.25, 0.3) is 11.0 Å². The Labute approximate surface area is 128 Å². The third-order valence-electron chi connectivity index (χ3n) is 3.27. The highest BCUT2D eigenvalue weighted by Gasteiger charge is 2.15. The van der Waals surface area contributed by atoms with Crippen LogP contribution in [0, 0.1) is 0 Å². The number of nitrogens with zero attached hydrogens (tertiary/aromatic N) is 1. The molecular formula is C15H11N3O5. The summed E-state index contributed by atoms with van der Waals surface area (Å²) >= 11 is 0. The molecule has 0 atom stereocenters. The van der Waals surface area contributed by atoms with E-state index in [0.717, 1.165) is 16.7 Å². The van der Waals surface area contributed by atoms with Gasteiger partial charge in [-0.15, -0.1) is 0 Å². The second-order valence-corrected chi connectivity index (χ2v) is 4.75. The smallest absolute Gasteiger partial charge is 0.339 e. The highest BCUT2D eigenvalue weighted by molar-refractivity contribution is 5.98. The maximum Gasteiger partial charge on any atom is 0.339 e. The lowest BCUT2D eigenvalue weighted by Gasteiger charge is -2.07. The summed E-state index contributed by atoms with van der Waals surface area (Å²) in [6.07, 6.45) is 0. The molecule has 0 aliphatic heterocycles. The first-order valence-electron chi connectivity index (χ1n) is 6.55. The van der Waals surface area contributed by atoms with Crippen molar-refractivity contribution >= 4 is 28.7 Å². The van der Waals surface area contributed by atoms with Crippen molar-refractivity contribution in [2.24, 2.45) is 0 Å². The monoisotopic (exact) mass is 313 g/mol. The molecule has 2 aromatic carbocycles. The van der Waals surface area contributed by atoms with E-state index in [9.17, 15) is 19.5 Å². The van der Waals surface area contributed by atoms with Gasteiger partial charge in [0.1, 0.15) is 11.3 Å². The summed E-state index contributed by atoms with van der Waals surface area (Å²) in [6, 6.07) is 9.51. The van der Waals surface area contributed by atoms with E-state index in [4.69, 9.17) is 5.11 Å².